The first-order valence-electron chi connectivity index (χ1n) is 6.32. The van der Waals surface area contributed by atoms with Gasteiger partial charge in [0, 0.05) is 15.6 Å². The summed E-state index contributed by atoms with van der Waals surface area (Å²) < 4.78 is 38.0. The Balaban J connectivity index is 3.41. The summed E-state index contributed by atoms with van der Waals surface area (Å²) in [4.78, 5) is 12.0. The van der Waals surface area contributed by atoms with Crippen molar-refractivity contribution < 1.29 is 26.9 Å². The van der Waals surface area contributed by atoms with Gasteiger partial charge in [0.1, 0.15) is 5.75 Å². The molecule has 0 N–H and O–H groups in total. The number of hydrogen-bond donors (Lipinski definition) is 0. The number of esters is 1. The number of benzene rings is 1. The molecule has 0 atom stereocenters. The lowest BCUT2D eigenvalue weighted by molar-refractivity contribution is -0.146. The Morgan fingerprint density at radius 2 is 1.86 bits per heavy atom. The van der Waals surface area contributed by atoms with Crippen LogP contribution in [-0.4, -0.2) is 34.9 Å². The van der Waals surface area contributed by atoms with E-state index in [0.717, 1.165) is 6.26 Å². The van der Waals surface area contributed by atoms with Gasteiger partial charge in [0.05, 0.1) is 32.5 Å². The van der Waals surface area contributed by atoms with Gasteiger partial charge < -0.3 is 9.47 Å². The average Bonchev–Trinajstić information content (AvgIpc) is 2.42. The monoisotopic (exact) mass is 394 g/mol. The highest BCUT2D eigenvalue weighted by atomic mass is 79.9. The van der Waals surface area contributed by atoms with E-state index >= 15 is 0 Å². The lowest BCUT2D eigenvalue weighted by atomic mass is 9.83. The van der Waals surface area contributed by atoms with E-state index < -0.39 is 21.5 Å². The Labute approximate surface area is 139 Å². The summed E-state index contributed by atoms with van der Waals surface area (Å²) >= 11 is 3.35. The van der Waals surface area contributed by atoms with E-state index in [4.69, 9.17) is 13.7 Å². The summed E-state index contributed by atoms with van der Waals surface area (Å²) in [6, 6.07) is 3.42. The van der Waals surface area contributed by atoms with Gasteiger partial charge in [-0.25, -0.2) is 0 Å². The van der Waals surface area contributed by atoms with Crippen molar-refractivity contribution in [2.24, 2.45) is 0 Å². The smallest absolute Gasteiger partial charge is 0.315 e. The Morgan fingerprint density at radius 1 is 1.27 bits per heavy atom. The van der Waals surface area contributed by atoms with Crippen LogP contribution in [0.4, 0.5) is 0 Å². The molecule has 1 aromatic rings. The van der Waals surface area contributed by atoms with Gasteiger partial charge in [-0.3, -0.25) is 8.98 Å². The third-order valence-corrected chi connectivity index (χ3v) is 4.14. The average molecular weight is 395 g/mol. The number of ether oxygens (including phenoxy) is 2. The second kappa shape index (κ2) is 6.97. The molecular weight excluding hydrogens is 376 g/mol. The summed E-state index contributed by atoms with van der Waals surface area (Å²) in [5.41, 5.74) is 0.113. The van der Waals surface area contributed by atoms with Crippen molar-refractivity contribution >= 4 is 32.0 Å². The predicted molar refractivity (Wildman–Crippen MR) is 85.4 cm³/mol. The maximum absolute atomic E-state index is 12.0. The van der Waals surface area contributed by atoms with E-state index in [-0.39, 0.29) is 6.61 Å². The SMILES string of the molecule is COC(=O)C(C)(C)c1cc(Br)cc(COS(C)(=O)=O)c1OC. The van der Waals surface area contributed by atoms with Crippen LogP contribution in [0.5, 0.6) is 5.75 Å². The van der Waals surface area contributed by atoms with Crippen molar-refractivity contribution in [3.63, 3.8) is 0 Å². The molecule has 0 radical (unpaired) electrons. The molecule has 0 fully saturated rings. The fraction of sp³-hybridized carbons (Fsp3) is 0.500. The van der Waals surface area contributed by atoms with Crippen LogP contribution in [0.2, 0.25) is 0 Å². The van der Waals surface area contributed by atoms with Crippen LogP contribution < -0.4 is 4.74 Å². The number of carbonyl (C=O) groups excluding carboxylic acids is 1. The van der Waals surface area contributed by atoms with Crippen molar-refractivity contribution in [1.82, 2.24) is 0 Å². The number of hydrogen-bond acceptors (Lipinski definition) is 6. The molecule has 6 nitrogen and oxygen atoms in total. The van der Waals surface area contributed by atoms with Gasteiger partial charge in [-0.15, -0.1) is 0 Å². The zero-order valence-electron chi connectivity index (χ0n) is 13.1. The summed E-state index contributed by atoms with van der Waals surface area (Å²) in [5, 5.41) is 0. The Morgan fingerprint density at radius 3 is 2.32 bits per heavy atom. The number of carbonyl (C=O) groups is 1. The van der Waals surface area contributed by atoms with Crippen LogP contribution in [0.1, 0.15) is 25.0 Å². The Hall–Kier alpha value is -1.12. The maximum Gasteiger partial charge on any atom is 0.315 e. The van der Waals surface area contributed by atoms with Gasteiger partial charge in [0.15, 0.2) is 0 Å². The van der Waals surface area contributed by atoms with Gasteiger partial charge in [-0.05, 0) is 26.0 Å². The molecule has 0 saturated carbocycles. The molecule has 0 aliphatic rings. The maximum atomic E-state index is 12.0. The third kappa shape index (κ3) is 4.44. The molecular formula is C14H19BrO6S. The molecule has 124 valence electrons. The van der Waals surface area contributed by atoms with Crippen molar-refractivity contribution in [3.05, 3.63) is 27.7 Å². The molecule has 22 heavy (non-hydrogen) atoms. The fourth-order valence-corrected chi connectivity index (χ4v) is 2.84. The second-order valence-corrected chi connectivity index (χ2v) is 7.79. The molecule has 0 aromatic heterocycles. The first-order valence-corrected chi connectivity index (χ1v) is 8.93. The van der Waals surface area contributed by atoms with Crippen LogP contribution in [-0.2, 0) is 35.9 Å². The second-order valence-electron chi connectivity index (χ2n) is 5.23. The summed E-state index contributed by atoms with van der Waals surface area (Å²) in [6.07, 6.45) is 0.969. The standard InChI is InChI=1S/C14H19BrO6S/c1-14(2,13(16)20-4)11-7-10(15)6-9(12(11)19-3)8-21-22(5,17)18/h6-7H,8H2,1-5H3. The van der Waals surface area contributed by atoms with Crippen molar-refractivity contribution in [3.8, 4) is 5.75 Å². The molecule has 1 aromatic carbocycles. The molecule has 0 unspecified atom stereocenters. The first-order chi connectivity index (χ1) is 10.0. The quantitative estimate of drug-likeness (QED) is 0.544. The summed E-state index contributed by atoms with van der Waals surface area (Å²) in [7, 11) is -0.836. The lowest BCUT2D eigenvalue weighted by Crippen LogP contribution is -2.31. The molecule has 0 aliphatic carbocycles. The number of halogens is 1. The van der Waals surface area contributed by atoms with E-state index in [2.05, 4.69) is 15.9 Å². The van der Waals surface area contributed by atoms with Crippen molar-refractivity contribution in [2.75, 3.05) is 20.5 Å². The van der Waals surface area contributed by atoms with E-state index in [0.29, 0.717) is 21.3 Å². The molecule has 1 rings (SSSR count). The predicted octanol–water partition coefficient (Wildman–Crippen LogP) is 2.38. The Bertz CT molecular complexity index is 666. The van der Waals surface area contributed by atoms with Crippen LogP contribution in [0.15, 0.2) is 16.6 Å². The van der Waals surface area contributed by atoms with E-state index in [9.17, 15) is 13.2 Å². The molecule has 0 heterocycles. The van der Waals surface area contributed by atoms with E-state index in [1.165, 1.54) is 14.2 Å². The van der Waals surface area contributed by atoms with Crippen molar-refractivity contribution in [1.29, 1.82) is 0 Å². The molecule has 0 spiro atoms. The molecule has 0 aliphatic heterocycles. The molecule has 0 saturated heterocycles. The van der Waals surface area contributed by atoms with Crippen molar-refractivity contribution in [2.45, 2.75) is 25.9 Å². The Kier molecular flexibility index (Phi) is 6.00. The van der Waals surface area contributed by atoms with Crippen LogP contribution in [0.25, 0.3) is 0 Å². The fourth-order valence-electron chi connectivity index (χ4n) is 2.00. The highest BCUT2D eigenvalue weighted by molar-refractivity contribution is 9.10. The molecule has 0 bridgehead atoms. The zero-order valence-corrected chi connectivity index (χ0v) is 15.5. The summed E-state index contributed by atoms with van der Waals surface area (Å²) in [5.74, 6) is -0.0406. The molecule has 8 heteroatoms. The minimum Gasteiger partial charge on any atom is -0.496 e. The normalized spacial score (nSPS) is 12.1. The number of methoxy groups -OCH3 is 2. The van der Waals surface area contributed by atoms with Gasteiger partial charge in [-0.1, -0.05) is 15.9 Å². The largest absolute Gasteiger partial charge is 0.496 e. The highest BCUT2D eigenvalue weighted by Gasteiger charge is 2.35. The zero-order chi connectivity index (χ0) is 17.1. The highest BCUT2D eigenvalue weighted by Crippen LogP contribution is 2.38. The molecule has 0 amide bonds. The lowest BCUT2D eigenvalue weighted by Gasteiger charge is -2.26. The van der Waals surface area contributed by atoms with Gasteiger partial charge in [0.2, 0.25) is 0 Å². The minimum atomic E-state index is -3.59. The third-order valence-electron chi connectivity index (χ3n) is 3.13. The van der Waals surface area contributed by atoms with Crippen LogP contribution >= 0.6 is 15.9 Å². The van der Waals surface area contributed by atoms with Gasteiger partial charge in [0.25, 0.3) is 10.1 Å². The summed E-state index contributed by atoms with van der Waals surface area (Å²) in [6.45, 7) is 3.21. The van der Waals surface area contributed by atoms with Gasteiger partial charge >= 0.3 is 5.97 Å². The topological polar surface area (TPSA) is 78.9 Å². The number of rotatable bonds is 6. The minimum absolute atomic E-state index is 0.189. The first kappa shape index (κ1) is 18.9. The van der Waals surface area contributed by atoms with Gasteiger partial charge in [-0.2, -0.15) is 8.42 Å². The van der Waals surface area contributed by atoms with E-state index in [1.54, 1.807) is 26.0 Å². The van der Waals surface area contributed by atoms with E-state index in [1.807, 2.05) is 0 Å². The van der Waals surface area contributed by atoms with Crippen LogP contribution in [0.3, 0.4) is 0 Å². The van der Waals surface area contributed by atoms with Crippen LogP contribution in [0, 0.1) is 0 Å².